The van der Waals surface area contributed by atoms with Crippen molar-refractivity contribution in [2.75, 3.05) is 20.3 Å². The molecule has 6 heteroatoms. The van der Waals surface area contributed by atoms with Crippen molar-refractivity contribution in [2.24, 2.45) is 0 Å². The summed E-state index contributed by atoms with van der Waals surface area (Å²) in [5, 5.41) is 0. The molecule has 0 spiro atoms. The molecule has 1 fully saturated rings. The maximum atomic E-state index is 11.2. The summed E-state index contributed by atoms with van der Waals surface area (Å²) in [7, 11) is 1.28. The van der Waals surface area contributed by atoms with Crippen LogP contribution < -0.4 is 4.74 Å². The Bertz CT molecular complexity index is 377. The van der Waals surface area contributed by atoms with Crippen LogP contribution in [0.5, 0.6) is 5.88 Å². The average Bonchev–Trinajstić information content (AvgIpc) is 2.81. The molecular formula is C10H12N2O4. The number of hydrogen-bond donors (Lipinski definition) is 0. The SMILES string of the molecule is COC(=O)c1nccc(O[C@@H]2CCOC2)n1. The molecule has 2 rings (SSSR count). The van der Waals surface area contributed by atoms with Gasteiger partial charge in [0.1, 0.15) is 6.10 Å². The first-order chi connectivity index (χ1) is 7.79. The number of rotatable bonds is 3. The molecule has 0 unspecified atom stereocenters. The van der Waals surface area contributed by atoms with Gasteiger partial charge in [0.15, 0.2) is 0 Å². The Morgan fingerprint density at radius 3 is 3.19 bits per heavy atom. The first-order valence-electron chi connectivity index (χ1n) is 4.95. The highest BCUT2D eigenvalue weighted by molar-refractivity contribution is 5.84. The maximum absolute atomic E-state index is 11.2. The van der Waals surface area contributed by atoms with E-state index in [2.05, 4.69) is 14.7 Å². The van der Waals surface area contributed by atoms with Gasteiger partial charge in [-0.2, -0.15) is 4.98 Å². The zero-order valence-corrected chi connectivity index (χ0v) is 8.88. The Morgan fingerprint density at radius 2 is 2.50 bits per heavy atom. The highest BCUT2D eigenvalue weighted by Crippen LogP contribution is 2.13. The van der Waals surface area contributed by atoms with Gasteiger partial charge in [0.2, 0.25) is 11.7 Å². The minimum atomic E-state index is -0.576. The molecule has 2 heterocycles. The summed E-state index contributed by atoms with van der Waals surface area (Å²) in [6, 6.07) is 1.60. The van der Waals surface area contributed by atoms with Crippen LogP contribution >= 0.6 is 0 Å². The smallest absolute Gasteiger partial charge is 0.376 e. The molecule has 86 valence electrons. The Kier molecular flexibility index (Phi) is 3.31. The first kappa shape index (κ1) is 10.8. The van der Waals surface area contributed by atoms with Gasteiger partial charge in [0, 0.05) is 18.7 Å². The molecule has 1 aliphatic heterocycles. The van der Waals surface area contributed by atoms with E-state index >= 15 is 0 Å². The molecule has 1 aromatic rings. The van der Waals surface area contributed by atoms with Crippen molar-refractivity contribution in [3.63, 3.8) is 0 Å². The third kappa shape index (κ3) is 2.46. The molecule has 0 aromatic carbocycles. The monoisotopic (exact) mass is 224 g/mol. The number of methoxy groups -OCH3 is 1. The lowest BCUT2D eigenvalue weighted by Crippen LogP contribution is -2.17. The minimum Gasteiger partial charge on any atom is -0.472 e. The third-order valence-corrected chi connectivity index (χ3v) is 2.17. The number of ether oxygens (including phenoxy) is 3. The molecule has 16 heavy (non-hydrogen) atoms. The Hall–Kier alpha value is -1.69. The van der Waals surface area contributed by atoms with Crippen molar-refractivity contribution in [3.8, 4) is 5.88 Å². The molecule has 1 aliphatic rings. The Morgan fingerprint density at radius 1 is 1.62 bits per heavy atom. The zero-order valence-electron chi connectivity index (χ0n) is 8.88. The second-order valence-electron chi connectivity index (χ2n) is 3.31. The zero-order chi connectivity index (χ0) is 11.4. The largest absolute Gasteiger partial charge is 0.472 e. The van der Waals surface area contributed by atoms with E-state index in [9.17, 15) is 4.79 Å². The predicted octanol–water partition coefficient (Wildman–Crippen LogP) is 0.431. The molecule has 0 amide bonds. The topological polar surface area (TPSA) is 70.5 Å². The van der Waals surface area contributed by atoms with Crippen LogP contribution in [0.2, 0.25) is 0 Å². The van der Waals surface area contributed by atoms with Crippen molar-refractivity contribution in [1.29, 1.82) is 0 Å². The Labute approximate surface area is 92.6 Å². The molecule has 0 radical (unpaired) electrons. The summed E-state index contributed by atoms with van der Waals surface area (Å²) in [6.07, 6.45) is 2.29. The quantitative estimate of drug-likeness (QED) is 0.693. The van der Waals surface area contributed by atoms with Crippen molar-refractivity contribution in [1.82, 2.24) is 9.97 Å². The highest BCUT2D eigenvalue weighted by atomic mass is 16.6. The molecule has 0 N–H and O–H groups in total. The van der Waals surface area contributed by atoms with Gasteiger partial charge in [-0.1, -0.05) is 0 Å². The van der Waals surface area contributed by atoms with Crippen molar-refractivity contribution >= 4 is 5.97 Å². The fourth-order valence-electron chi connectivity index (χ4n) is 1.37. The van der Waals surface area contributed by atoms with E-state index in [1.54, 1.807) is 6.07 Å². The number of carbonyl (C=O) groups is 1. The molecule has 6 nitrogen and oxygen atoms in total. The molecular weight excluding hydrogens is 212 g/mol. The lowest BCUT2D eigenvalue weighted by Gasteiger charge is -2.10. The standard InChI is InChI=1S/C10H12N2O4/c1-14-10(13)9-11-4-2-8(12-9)16-7-3-5-15-6-7/h2,4,7H,3,5-6H2,1H3/t7-/m1/s1. The second kappa shape index (κ2) is 4.89. The first-order valence-corrected chi connectivity index (χ1v) is 4.95. The normalized spacial score (nSPS) is 19.4. The number of hydrogen-bond acceptors (Lipinski definition) is 6. The summed E-state index contributed by atoms with van der Waals surface area (Å²) >= 11 is 0. The summed E-state index contributed by atoms with van der Waals surface area (Å²) in [6.45, 7) is 1.25. The van der Waals surface area contributed by atoms with Gasteiger partial charge in [-0.3, -0.25) is 0 Å². The van der Waals surface area contributed by atoms with Crippen LogP contribution in [0.3, 0.4) is 0 Å². The van der Waals surface area contributed by atoms with Gasteiger partial charge in [0.05, 0.1) is 20.3 Å². The molecule has 1 atom stereocenters. The van der Waals surface area contributed by atoms with E-state index in [4.69, 9.17) is 9.47 Å². The van der Waals surface area contributed by atoms with Crippen molar-refractivity contribution < 1.29 is 19.0 Å². The lowest BCUT2D eigenvalue weighted by molar-refractivity contribution is 0.0584. The van der Waals surface area contributed by atoms with Gasteiger partial charge < -0.3 is 14.2 Å². The third-order valence-electron chi connectivity index (χ3n) is 2.17. The Balaban J connectivity index is 2.06. The van der Waals surface area contributed by atoms with Crippen LogP contribution in [-0.4, -0.2) is 42.4 Å². The maximum Gasteiger partial charge on any atom is 0.376 e. The van der Waals surface area contributed by atoms with Crippen LogP contribution in [-0.2, 0) is 9.47 Å². The fourth-order valence-corrected chi connectivity index (χ4v) is 1.37. The van der Waals surface area contributed by atoms with Crippen LogP contribution in [0.25, 0.3) is 0 Å². The van der Waals surface area contributed by atoms with E-state index < -0.39 is 5.97 Å². The molecule has 0 saturated carbocycles. The van der Waals surface area contributed by atoms with E-state index in [0.29, 0.717) is 19.1 Å². The molecule has 1 saturated heterocycles. The van der Waals surface area contributed by atoms with E-state index in [1.807, 2.05) is 0 Å². The average molecular weight is 224 g/mol. The fraction of sp³-hybridized carbons (Fsp3) is 0.500. The predicted molar refractivity (Wildman–Crippen MR) is 53.2 cm³/mol. The number of aromatic nitrogens is 2. The van der Waals surface area contributed by atoms with E-state index in [1.165, 1.54) is 13.3 Å². The second-order valence-corrected chi connectivity index (χ2v) is 3.31. The van der Waals surface area contributed by atoms with Gasteiger partial charge in [-0.25, -0.2) is 9.78 Å². The number of carbonyl (C=O) groups excluding carboxylic acids is 1. The van der Waals surface area contributed by atoms with Gasteiger partial charge in [0.25, 0.3) is 0 Å². The summed E-state index contributed by atoms with van der Waals surface area (Å²) in [5.74, 6) is -0.210. The number of nitrogens with zero attached hydrogens (tertiary/aromatic N) is 2. The summed E-state index contributed by atoms with van der Waals surface area (Å²) in [5.41, 5.74) is 0. The van der Waals surface area contributed by atoms with Gasteiger partial charge in [-0.15, -0.1) is 0 Å². The van der Waals surface area contributed by atoms with Crippen LogP contribution in [0.1, 0.15) is 17.0 Å². The van der Waals surface area contributed by atoms with E-state index in [-0.39, 0.29) is 11.9 Å². The van der Waals surface area contributed by atoms with E-state index in [0.717, 1.165) is 6.42 Å². The van der Waals surface area contributed by atoms with Gasteiger partial charge in [-0.05, 0) is 0 Å². The highest BCUT2D eigenvalue weighted by Gasteiger charge is 2.18. The van der Waals surface area contributed by atoms with Crippen molar-refractivity contribution in [3.05, 3.63) is 18.1 Å². The molecule has 0 aliphatic carbocycles. The molecule has 0 bridgehead atoms. The van der Waals surface area contributed by atoms with Crippen LogP contribution in [0.4, 0.5) is 0 Å². The van der Waals surface area contributed by atoms with Gasteiger partial charge >= 0.3 is 5.97 Å². The van der Waals surface area contributed by atoms with Crippen LogP contribution in [0, 0.1) is 0 Å². The van der Waals surface area contributed by atoms with Crippen molar-refractivity contribution in [2.45, 2.75) is 12.5 Å². The minimum absolute atomic E-state index is 0.000368. The lowest BCUT2D eigenvalue weighted by atomic mass is 10.3. The van der Waals surface area contributed by atoms with Crippen LogP contribution in [0.15, 0.2) is 12.3 Å². The number of esters is 1. The summed E-state index contributed by atoms with van der Waals surface area (Å²) < 4.78 is 15.2. The molecule has 1 aromatic heterocycles. The summed E-state index contributed by atoms with van der Waals surface area (Å²) in [4.78, 5) is 18.9.